The molecule has 0 bridgehead atoms. The number of carbonyl (C=O) groups excluding carboxylic acids is 1. The number of nitrogens with one attached hydrogen (secondary N) is 1. The van der Waals surface area contributed by atoms with Crippen LogP contribution in [-0.4, -0.2) is 42.2 Å². The average Bonchev–Trinajstić information content (AvgIpc) is 2.41. The van der Waals surface area contributed by atoms with E-state index in [0.29, 0.717) is 0 Å². The maximum Gasteiger partial charge on any atom is 0.235 e. The molecule has 0 aromatic heterocycles. The van der Waals surface area contributed by atoms with Gasteiger partial charge in [0.1, 0.15) is 0 Å². The first-order valence-corrected chi connectivity index (χ1v) is 7.28. The van der Waals surface area contributed by atoms with E-state index < -0.39 is 0 Å². The zero-order valence-electron chi connectivity index (χ0n) is 11.0. The van der Waals surface area contributed by atoms with Crippen LogP contribution in [0.15, 0.2) is 29.2 Å². The van der Waals surface area contributed by atoms with Gasteiger partial charge in [-0.15, -0.1) is 11.8 Å². The van der Waals surface area contributed by atoms with Gasteiger partial charge in [-0.05, 0) is 25.5 Å². The molecule has 18 heavy (non-hydrogen) atoms. The molecule has 0 aliphatic carbocycles. The van der Waals surface area contributed by atoms with E-state index in [1.807, 2.05) is 24.0 Å². The molecule has 1 unspecified atom stereocenters. The molecule has 0 saturated carbocycles. The molecule has 0 spiro atoms. The van der Waals surface area contributed by atoms with E-state index in [1.54, 1.807) is 11.8 Å². The molecule has 4 heteroatoms. The van der Waals surface area contributed by atoms with Crippen LogP contribution >= 0.6 is 11.8 Å². The molecule has 1 fully saturated rings. The van der Waals surface area contributed by atoms with Gasteiger partial charge < -0.3 is 10.2 Å². The van der Waals surface area contributed by atoms with Crippen molar-refractivity contribution in [1.82, 2.24) is 10.2 Å². The summed E-state index contributed by atoms with van der Waals surface area (Å²) in [6, 6.07) is 8.23. The molecule has 0 radical (unpaired) electrons. The molecule has 1 aliphatic heterocycles. The summed E-state index contributed by atoms with van der Waals surface area (Å²) in [4.78, 5) is 15.5. The van der Waals surface area contributed by atoms with Gasteiger partial charge in [0.25, 0.3) is 0 Å². The van der Waals surface area contributed by atoms with Gasteiger partial charge >= 0.3 is 0 Å². The standard InChI is InChI=1S/C14H20N2OS/c1-11-5-3-4-6-13(11)18-12(2)14(17)16-9-7-15-8-10-16/h3-6,12,15H,7-10H2,1-2H3. The van der Waals surface area contributed by atoms with Crippen LogP contribution in [-0.2, 0) is 4.79 Å². The lowest BCUT2D eigenvalue weighted by molar-refractivity contribution is -0.130. The van der Waals surface area contributed by atoms with Gasteiger partial charge in [0, 0.05) is 31.1 Å². The minimum absolute atomic E-state index is 0.0100. The van der Waals surface area contributed by atoms with Crippen molar-refractivity contribution >= 4 is 17.7 Å². The monoisotopic (exact) mass is 264 g/mol. The summed E-state index contributed by atoms with van der Waals surface area (Å²) in [6.45, 7) is 7.57. The zero-order chi connectivity index (χ0) is 13.0. The van der Waals surface area contributed by atoms with Crippen molar-refractivity contribution in [2.45, 2.75) is 24.0 Å². The van der Waals surface area contributed by atoms with Gasteiger partial charge in [0.2, 0.25) is 5.91 Å². The summed E-state index contributed by atoms with van der Waals surface area (Å²) in [5.41, 5.74) is 1.24. The Labute approximate surface area is 113 Å². The number of benzene rings is 1. The molecule has 2 rings (SSSR count). The molecular weight excluding hydrogens is 244 g/mol. The van der Waals surface area contributed by atoms with E-state index in [-0.39, 0.29) is 11.2 Å². The van der Waals surface area contributed by atoms with Crippen LogP contribution in [0, 0.1) is 6.92 Å². The first kappa shape index (κ1) is 13.4. The molecule has 1 N–H and O–H groups in total. The average molecular weight is 264 g/mol. The van der Waals surface area contributed by atoms with E-state index in [2.05, 4.69) is 24.4 Å². The second-order valence-electron chi connectivity index (χ2n) is 4.60. The Balaban J connectivity index is 1.96. The Morgan fingerprint density at radius 2 is 2.00 bits per heavy atom. The van der Waals surface area contributed by atoms with Crippen molar-refractivity contribution in [2.24, 2.45) is 0 Å². The Bertz CT molecular complexity index is 416. The maximum absolute atomic E-state index is 12.3. The summed E-state index contributed by atoms with van der Waals surface area (Å²) < 4.78 is 0. The SMILES string of the molecule is Cc1ccccc1SC(C)C(=O)N1CCNCC1. The van der Waals surface area contributed by atoms with E-state index in [1.165, 1.54) is 10.5 Å². The van der Waals surface area contributed by atoms with Crippen molar-refractivity contribution in [1.29, 1.82) is 0 Å². The van der Waals surface area contributed by atoms with Crippen LogP contribution < -0.4 is 5.32 Å². The lowest BCUT2D eigenvalue weighted by Crippen LogP contribution is -2.48. The summed E-state index contributed by atoms with van der Waals surface area (Å²) in [6.07, 6.45) is 0. The zero-order valence-corrected chi connectivity index (χ0v) is 11.8. The fraction of sp³-hybridized carbons (Fsp3) is 0.500. The summed E-state index contributed by atoms with van der Waals surface area (Å²) in [7, 11) is 0. The van der Waals surface area contributed by atoms with E-state index >= 15 is 0 Å². The number of nitrogens with zero attached hydrogens (tertiary/aromatic N) is 1. The molecule has 1 aliphatic rings. The Hall–Kier alpha value is -1.00. The number of thioether (sulfide) groups is 1. The quantitative estimate of drug-likeness (QED) is 0.846. The van der Waals surface area contributed by atoms with Crippen LogP contribution in [0.5, 0.6) is 0 Å². The van der Waals surface area contributed by atoms with Gasteiger partial charge in [-0.1, -0.05) is 18.2 Å². The second kappa shape index (κ2) is 6.25. The van der Waals surface area contributed by atoms with Crippen LogP contribution in [0.4, 0.5) is 0 Å². The van der Waals surface area contributed by atoms with E-state index in [4.69, 9.17) is 0 Å². The van der Waals surface area contributed by atoms with Crippen LogP contribution in [0.3, 0.4) is 0 Å². The first-order valence-electron chi connectivity index (χ1n) is 6.40. The maximum atomic E-state index is 12.3. The van der Waals surface area contributed by atoms with Gasteiger partial charge in [-0.25, -0.2) is 0 Å². The molecule has 1 heterocycles. The summed E-state index contributed by atoms with van der Waals surface area (Å²) in [5.74, 6) is 0.254. The second-order valence-corrected chi connectivity index (χ2v) is 5.98. The van der Waals surface area contributed by atoms with Crippen molar-refractivity contribution in [3.8, 4) is 0 Å². The number of rotatable bonds is 3. The normalized spacial score (nSPS) is 17.6. The smallest absolute Gasteiger partial charge is 0.235 e. The predicted octanol–water partition coefficient (Wildman–Crippen LogP) is 1.91. The summed E-state index contributed by atoms with van der Waals surface area (Å²) in [5, 5.41) is 3.26. The number of amides is 1. The van der Waals surface area contributed by atoms with Gasteiger partial charge in [0.05, 0.1) is 5.25 Å². The minimum Gasteiger partial charge on any atom is -0.339 e. The highest BCUT2D eigenvalue weighted by molar-refractivity contribution is 8.00. The molecule has 1 atom stereocenters. The molecular formula is C14H20N2OS. The number of aryl methyl sites for hydroxylation is 1. The molecule has 1 aromatic rings. The Morgan fingerprint density at radius 1 is 1.33 bits per heavy atom. The fourth-order valence-electron chi connectivity index (χ4n) is 2.07. The number of hydrogen-bond donors (Lipinski definition) is 1. The highest BCUT2D eigenvalue weighted by atomic mass is 32.2. The highest BCUT2D eigenvalue weighted by Crippen LogP contribution is 2.27. The van der Waals surface area contributed by atoms with Crippen molar-refractivity contribution in [3.63, 3.8) is 0 Å². The molecule has 1 amide bonds. The van der Waals surface area contributed by atoms with Gasteiger partial charge in [-0.3, -0.25) is 4.79 Å². The predicted molar refractivity (Wildman–Crippen MR) is 75.9 cm³/mol. The number of carbonyl (C=O) groups is 1. The molecule has 1 aromatic carbocycles. The van der Waals surface area contributed by atoms with Crippen molar-refractivity contribution in [3.05, 3.63) is 29.8 Å². The van der Waals surface area contributed by atoms with Crippen molar-refractivity contribution < 1.29 is 4.79 Å². The fourth-order valence-corrected chi connectivity index (χ4v) is 3.11. The van der Waals surface area contributed by atoms with Gasteiger partial charge in [-0.2, -0.15) is 0 Å². The first-order chi connectivity index (χ1) is 8.68. The largest absolute Gasteiger partial charge is 0.339 e. The Kier molecular flexibility index (Phi) is 4.66. The topological polar surface area (TPSA) is 32.3 Å². The number of hydrogen-bond acceptors (Lipinski definition) is 3. The third kappa shape index (κ3) is 3.27. The molecule has 1 saturated heterocycles. The number of piperazine rings is 1. The third-order valence-corrected chi connectivity index (χ3v) is 4.44. The summed E-state index contributed by atoms with van der Waals surface area (Å²) >= 11 is 1.66. The lowest BCUT2D eigenvalue weighted by Gasteiger charge is -2.29. The minimum atomic E-state index is -0.0100. The van der Waals surface area contributed by atoms with Crippen LogP contribution in [0.2, 0.25) is 0 Å². The van der Waals surface area contributed by atoms with Gasteiger partial charge in [0.15, 0.2) is 0 Å². The Morgan fingerprint density at radius 3 is 2.67 bits per heavy atom. The van der Waals surface area contributed by atoms with E-state index in [0.717, 1.165) is 26.2 Å². The van der Waals surface area contributed by atoms with Crippen molar-refractivity contribution in [2.75, 3.05) is 26.2 Å². The van der Waals surface area contributed by atoms with E-state index in [9.17, 15) is 4.79 Å². The van der Waals surface area contributed by atoms with Crippen LogP contribution in [0.1, 0.15) is 12.5 Å². The highest BCUT2D eigenvalue weighted by Gasteiger charge is 2.22. The molecule has 3 nitrogen and oxygen atoms in total. The van der Waals surface area contributed by atoms with Crippen LogP contribution in [0.25, 0.3) is 0 Å². The third-order valence-electron chi connectivity index (χ3n) is 3.17. The lowest BCUT2D eigenvalue weighted by atomic mass is 10.2. The molecule has 98 valence electrons.